The summed E-state index contributed by atoms with van der Waals surface area (Å²) in [5, 5.41) is 0. The van der Waals surface area contributed by atoms with E-state index >= 15 is 0 Å². The van der Waals surface area contributed by atoms with Crippen molar-refractivity contribution in [2.24, 2.45) is 11.7 Å². The van der Waals surface area contributed by atoms with Gasteiger partial charge in [-0.15, -0.1) is 0 Å². The first-order valence-corrected chi connectivity index (χ1v) is 7.15. The fraction of sp³-hybridized carbons (Fsp3) is 0.571. The van der Waals surface area contributed by atoms with Gasteiger partial charge in [-0.1, -0.05) is 22.9 Å². The van der Waals surface area contributed by atoms with Gasteiger partial charge in [0, 0.05) is 10.5 Å². The van der Waals surface area contributed by atoms with Gasteiger partial charge in [0.15, 0.2) is 0 Å². The van der Waals surface area contributed by atoms with E-state index in [1.54, 1.807) is 0 Å². The first-order valence-electron chi connectivity index (χ1n) is 6.36. The monoisotopic (exact) mass is 297 g/mol. The lowest BCUT2D eigenvalue weighted by molar-refractivity contribution is 0.296. The lowest BCUT2D eigenvalue weighted by atomic mass is 10.0. The Hall–Kier alpha value is -0.540. The summed E-state index contributed by atoms with van der Waals surface area (Å²) in [4.78, 5) is 0. The standard InChI is InChI=1S/C14H20BrNO/c1-2-13(16)8-11-7-12(15)5-6-14(11)17-9-10-3-4-10/h5-7,10,13H,2-4,8-9,16H2,1H3. The molecule has 0 aromatic heterocycles. The molecule has 1 atom stereocenters. The summed E-state index contributed by atoms with van der Waals surface area (Å²) < 4.78 is 6.98. The van der Waals surface area contributed by atoms with E-state index in [1.165, 1.54) is 18.4 Å². The fourth-order valence-corrected chi connectivity index (χ4v) is 2.18. The summed E-state index contributed by atoms with van der Waals surface area (Å²) in [7, 11) is 0. The largest absolute Gasteiger partial charge is 0.493 e. The van der Waals surface area contributed by atoms with E-state index in [2.05, 4.69) is 28.9 Å². The lowest BCUT2D eigenvalue weighted by Gasteiger charge is -2.14. The minimum absolute atomic E-state index is 0.215. The Morgan fingerprint density at radius 2 is 2.24 bits per heavy atom. The second kappa shape index (κ2) is 5.87. The predicted octanol–water partition coefficient (Wildman–Crippen LogP) is 3.52. The summed E-state index contributed by atoms with van der Waals surface area (Å²) in [5.74, 6) is 1.79. The van der Waals surface area contributed by atoms with Gasteiger partial charge in [-0.2, -0.15) is 0 Å². The summed E-state index contributed by atoms with van der Waals surface area (Å²) in [5.41, 5.74) is 7.24. The van der Waals surface area contributed by atoms with Crippen LogP contribution in [-0.2, 0) is 6.42 Å². The Morgan fingerprint density at radius 3 is 2.88 bits per heavy atom. The molecule has 17 heavy (non-hydrogen) atoms. The molecule has 0 radical (unpaired) electrons. The van der Waals surface area contributed by atoms with Gasteiger partial charge in [-0.05, 0) is 55.4 Å². The molecule has 1 aliphatic carbocycles. The van der Waals surface area contributed by atoms with Crippen LogP contribution in [0.25, 0.3) is 0 Å². The zero-order valence-electron chi connectivity index (χ0n) is 10.3. The van der Waals surface area contributed by atoms with Gasteiger partial charge in [0.1, 0.15) is 5.75 Å². The number of nitrogens with two attached hydrogens (primary N) is 1. The maximum atomic E-state index is 6.02. The van der Waals surface area contributed by atoms with Crippen molar-refractivity contribution in [3.63, 3.8) is 0 Å². The molecule has 2 N–H and O–H groups in total. The van der Waals surface area contributed by atoms with Crippen LogP contribution >= 0.6 is 15.9 Å². The number of rotatable bonds is 6. The Bertz CT molecular complexity index is 376. The fourth-order valence-electron chi connectivity index (χ4n) is 1.77. The topological polar surface area (TPSA) is 35.2 Å². The van der Waals surface area contributed by atoms with Crippen LogP contribution in [0.3, 0.4) is 0 Å². The maximum absolute atomic E-state index is 6.02. The molecule has 1 aliphatic rings. The number of hydrogen-bond acceptors (Lipinski definition) is 2. The summed E-state index contributed by atoms with van der Waals surface area (Å²) in [6.45, 7) is 2.98. The van der Waals surface area contributed by atoms with E-state index in [1.807, 2.05) is 12.1 Å². The molecule has 94 valence electrons. The molecular formula is C14H20BrNO. The number of ether oxygens (including phenoxy) is 1. The summed E-state index contributed by atoms with van der Waals surface area (Å²) >= 11 is 3.50. The summed E-state index contributed by atoms with van der Waals surface area (Å²) in [6, 6.07) is 6.41. The molecule has 1 fully saturated rings. The van der Waals surface area contributed by atoms with Gasteiger partial charge in [-0.25, -0.2) is 0 Å². The third-order valence-electron chi connectivity index (χ3n) is 3.20. The molecule has 0 bridgehead atoms. The van der Waals surface area contributed by atoms with Gasteiger partial charge in [0.05, 0.1) is 6.61 Å². The van der Waals surface area contributed by atoms with Crippen molar-refractivity contribution in [2.75, 3.05) is 6.61 Å². The molecule has 1 aromatic carbocycles. The number of hydrogen-bond donors (Lipinski definition) is 1. The zero-order chi connectivity index (χ0) is 12.3. The molecule has 0 aliphatic heterocycles. The molecule has 0 saturated heterocycles. The molecule has 3 heteroatoms. The Labute approximate surface area is 112 Å². The van der Waals surface area contributed by atoms with E-state index in [9.17, 15) is 0 Å². The van der Waals surface area contributed by atoms with Crippen molar-refractivity contribution in [1.29, 1.82) is 0 Å². The molecule has 0 amide bonds. The van der Waals surface area contributed by atoms with E-state index in [-0.39, 0.29) is 6.04 Å². The normalized spacial score (nSPS) is 16.9. The van der Waals surface area contributed by atoms with Gasteiger partial charge >= 0.3 is 0 Å². The molecule has 0 heterocycles. The van der Waals surface area contributed by atoms with Crippen LogP contribution in [-0.4, -0.2) is 12.6 Å². The van der Waals surface area contributed by atoms with Crippen LogP contribution in [0.4, 0.5) is 0 Å². The van der Waals surface area contributed by atoms with Gasteiger partial charge in [-0.3, -0.25) is 0 Å². The minimum Gasteiger partial charge on any atom is -0.493 e. The van der Waals surface area contributed by atoms with Crippen LogP contribution < -0.4 is 10.5 Å². The van der Waals surface area contributed by atoms with Gasteiger partial charge in [0.25, 0.3) is 0 Å². The Morgan fingerprint density at radius 1 is 1.47 bits per heavy atom. The van der Waals surface area contributed by atoms with Crippen LogP contribution in [0.15, 0.2) is 22.7 Å². The van der Waals surface area contributed by atoms with Crippen molar-refractivity contribution >= 4 is 15.9 Å². The van der Waals surface area contributed by atoms with Crippen LogP contribution in [0.2, 0.25) is 0 Å². The second-order valence-electron chi connectivity index (χ2n) is 4.88. The number of benzene rings is 1. The van der Waals surface area contributed by atoms with Crippen molar-refractivity contribution < 1.29 is 4.74 Å². The Kier molecular flexibility index (Phi) is 4.46. The minimum atomic E-state index is 0.215. The van der Waals surface area contributed by atoms with Crippen LogP contribution in [0.1, 0.15) is 31.7 Å². The van der Waals surface area contributed by atoms with Crippen LogP contribution in [0, 0.1) is 5.92 Å². The third-order valence-corrected chi connectivity index (χ3v) is 3.69. The quantitative estimate of drug-likeness (QED) is 0.872. The highest BCUT2D eigenvalue weighted by Crippen LogP contribution is 2.31. The zero-order valence-corrected chi connectivity index (χ0v) is 11.9. The smallest absolute Gasteiger partial charge is 0.122 e. The lowest BCUT2D eigenvalue weighted by Crippen LogP contribution is -2.21. The Balaban J connectivity index is 2.05. The average Bonchev–Trinajstić information content (AvgIpc) is 3.12. The molecule has 0 spiro atoms. The molecule has 1 unspecified atom stereocenters. The maximum Gasteiger partial charge on any atom is 0.122 e. The van der Waals surface area contributed by atoms with E-state index in [4.69, 9.17) is 10.5 Å². The molecular weight excluding hydrogens is 278 g/mol. The molecule has 1 saturated carbocycles. The van der Waals surface area contributed by atoms with Crippen molar-refractivity contribution in [2.45, 2.75) is 38.6 Å². The highest BCUT2D eigenvalue weighted by atomic mass is 79.9. The third kappa shape index (κ3) is 4.00. The van der Waals surface area contributed by atoms with Crippen molar-refractivity contribution in [3.8, 4) is 5.75 Å². The molecule has 2 rings (SSSR count). The molecule has 2 nitrogen and oxygen atoms in total. The molecule has 1 aromatic rings. The first kappa shape index (κ1) is 12.9. The highest BCUT2D eigenvalue weighted by Gasteiger charge is 2.22. The van der Waals surface area contributed by atoms with Crippen molar-refractivity contribution in [3.05, 3.63) is 28.2 Å². The second-order valence-corrected chi connectivity index (χ2v) is 5.79. The van der Waals surface area contributed by atoms with Gasteiger partial charge < -0.3 is 10.5 Å². The van der Waals surface area contributed by atoms with E-state index in [0.717, 1.165) is 35.6 Å². The first-order chi connectivity index (χ1) is 8.19. The summed E-state index contributed by atoms with van der Waals surface area (Å²) in [6.07, 6.45) is 4.52. The highest BCUT2D eigenvalue weighted by molar-refractivity contribution is 9.10. The van der Waals surface area contributed by atoms with Crippen molar-refractivity contribution in [1.82, 2.24) is 0 Å². The SMILES string of the molecule is CCC(N)Cc1cc(Br)ccc1OCC1CC1. The van der Waals surface area contributed by atoms with Crippen LogP contribution in [0.5, 0.6) is 5.75 Å². The number of halogens is 1. The predicted molar refractivity (Wildman–Crippen MR) is 74.3 cm³/mol. The van der Waals surface area contributed by atoms with E-state index in [0.29, 0.717) is 0 Å². The van der Waals surface area contributed by atoms with Gasteiger partial charge in [0.2, 0.25) is 0 Å². The van der Waals surface area contributed by atoms with E-state index < -0.39 is 0 Å². The average molecular weight is 298 g/mol.